The van der Waals surface area contributed by atoms with Gasteiger partial charge in [0.15, 0.2) is 0 Å². The lowest BCUT2D eigenvalue weighted by atomic mass is 9.93. The van der Waals surface area contributed by atoms with E-state index in [4.69, 9.17) is 19.4 Å². The minimum atomic E-state index is -2.05. The van der Waals surface area contributed by atoms with E-state index in [0.717, 1.165) is 11.1 Å². The van der Waals surface area contributed by atoms with E-state index in [1.54, 1.807) is 11.0 Å². The fourth-order valence-corrected chi connectivity index (χ4v) is 3.48. The fraction of sp³-hybridized carbons (Fsp3) is 0.522. The summed E-state index contributed by atoms with van der Waals surface area (Å²) in [6.07, 6.45) is 0.767. The van der Waals surface area contributed by atoms with Crippen LogP contribution < -0.4 is 5.32 Å². The van der Waals surface area contributed by atoms with Crippen molar-refractivity contribution < 1.29 is 29.0 Å². The third-order valence-corrected chi connectivity index (χ3v) is 5.06. The summed E-state index contributed by atoms with van der Waals surface area (Å²) < 4.78 is 10.2. The summed E-state index contributed by atoms with van der Waals surface area (Å²) in [5.74, 6) is -0.378. The van der Waals surface area contributed by atoms with Crippen molar-refractivity contribution in [3.05, 3.63) is 47.0 Å². The Labute approximate surface area is 195 Å². The Balaban J connectivity index is 1.86. The zero-order valence-corrected chi connectivity index (χ0v) is 19.6. The van der Waals surface area contributed by atoms with Gasteiger partial charge < -0.3 is 24.3 Å². The first-order valence-corrected chi connectivity index (χ1v) is 10.9. The van der Waals surface area contributed by atoms with Gasteiger partial charge >= 0.3 is 13.4 Å². The Hall–Kier alpha value is -2.87. The van der Waals surface area contributed by atoms with Crippen LogP contribution in [-0.4, -0.2) is 60.2 Å². The predicted molar refractivity (Wildman–Crippen MR) is 122 cm³/mol. The van der Waals surface area contributed by atoms with Gasteiger partial charge in [-0.15, -0.1) is 0 Å². The van der Waals surface area contributed by atoms with E-state index in [-0.39, 0.29) is 35.8 Å². The monoisotopic (exact) mass is 457 g/mol. The largest absolute Gasteiger partial charge is 0.635 e. The number of carbonyl (C=O) groups is 2. The molecule has 0 bridgehead atoms. The zero-order chi connectivity index (χ0) is 24.6. The molecule has 178 valence electrons. The van der Waals surface area contributed by atoms with Crippen LogP contribution in [0.2, 0.25) is 0 Å². The standard InChI is InChI=1S/C23H32BN3O6/c1-16-5-7-17(8-6-16)11-20(33-24(30)31)26-22(29)32-15-18-9-10-27(14-18)21(28)19(13-25)12-23(2,3)4/h5-8,12,18,20,30-31H,9-11,14-15H2,1-4H3,(H,26,29)/t18-,20+/m0/s1. The molecule has 9 nitrogen and oxygen atoms in total. The minimum absolute atomic E-state index is 0.0609. The number of nitriles is 1. The molecule has 0 radical (unpaired) electrons. The van der Waals surface area contributed by atoms with E-state index in [2.05, 4.69) is 5.32 Å². The highest BCUT2D eigenvalue weighted by molar-refractivity contribution is 6.32. The molecule has 1 aliphatic rings. The van der Waals surface area contributed by atoms with Crippen LogP contribution in [-0.2, 0) is 20.6 Å². The summed E-state index contributed by atoms with van der Waals surface area (Å²) >= 11 is 0. The Kier molecular flexibility index (Phi) is 9.47. The van der Waals surface area contributed by atoms with E-state index in [9.17, 15) is 14.9 Å². The second-order valence-electron chi connectivity index (χ2n) is 9.33. The summed E-state index contributed by atoms with van der Waals surface area (Å²) in [5, 5.41) is 30.1. The summed E-state index contributed by atoms with van der Waals surface area (Å²) in [4.78, 5) is 26.5. The van der Waals surface area contributed by atoms with Crippen LogP contribution in [0.1, 0.15) is 38.3 Å². The smallest absolute Gasteiger partial charge is 0.449 e. The van der Waals surface area contributed by atoms with Gasteiger partial charge in [0.25, 0.3) is 5.91 Å². The zero-order valence-electron chi connectivity index (χ0n) is 19.6. The molecule has 33 heavy (non-hydrogen) atoms. The van der Waals surface area contributed by atoms with Gasteiger partial charge in [-0.25, -0.2) is 4.79 Å². The second-order valence-corrected chi connectivity index (χ2v) is 9.33. The molecule has 0 unspecified atom stereocenters. The highest BCUT2D eigenvalue weighted by Gasteiger charge is 2.30. The topological polar surface area (TPSA) is 132 Å². The summed E-state index contributed by atoms with van der Waals surface area (Å²) in [5.41, 5.74) is 1.74. The number of hydrogen-bond acceptors (Lipinski definition) is 7. The lowest BCUT2D eigenvalue weighted by Gasteiger charge is -2.20. The maximum absolute atomic E-state index is 12.6. The molecule has 2 amide bonds. The van der Waals surface area contributed by atoms with Crippen molar-refractivity contribution >= 4 is 19.3 Å². The maximum atomic E-state index is 12.6. The van der Waals surface area contributed by atoms with E-state index in [1.807, 2.05) is 58.0 Å². The van der Waals surface area contributed by atoms with E-state index >= 15 is 0 Å². The average Bonchev–Trinajstić information content (AvgIpc) is 3.19. The lowest BCUT2D eigenvalue weighted by molar-refractivity contribution is -0.125. The van der Waals surface area contributed by atoms with Crippen LogP contribution >= 0.6 is 0 Å². The summed E-state index contributed by atoms with van der Waals surface area (Å²) in [6, 6.07) is 9.50. The molecule has 1 saturated heterocycles. The quantitative estimate of drug-likeness (QED) is 0.235. The van der Waals surface area contributed by atoms with E-state index < -0.39 is 19.6 Å². The van der Waals surface area contributed by atoms with Gasteiger partial charge in [0.05, 0.1) is 6.61 Å². The predicted octanol–water partition coefficient (Wildman–Crippen LogP) is 1.92. The van der Waals surface area contributed by atoms with Crippen LogP contribution in [0.25, 0.3) is 0 Å². The van der Waals surface area contributed by atoms with E-state index in [1.165, 1.54) is 0 Å². The number of benzene rings is 1. The molecule has 1 fully saturated rings. The molecule has 1 aromatic carbocycles. The van der Waals surface area contributed by atoms with Crippen LogP contribution in [0.3, 0.4) is 0 Å². The number of ether oxygens (including phenoxy) is 1. The molecule has 0 saturated carbocycles. The SMILES string of the molecule is Cc1ccc(C[C@H](NC(=O)OC[C@H]2CCN(C(=O)C(C#N)=CC(C)(C)C)C2)OB(O)O)cc1. The molecule has 10 heteroatoms. The lowest BCUT2D eigenvalue weighted by Crippen LogP contribution is -2.43. The number of carbonyl (C=O) groups excluding carboxylic acids is 2. The van der Waals surface area contributed by atoms with Gasteiger partial charge in [0, 0.05) is 25.4 Å². The van der Waals surface area contributed by atoms with Crippen molar-refractivity contribution in [3.63, 3.8) is 0 Å². The van der Waals surface area contributed by atoms with Gasteiger partial charge in [-0.3, -0.25) is 10.1 Å². The first kappa shape index (κ1) is 26.4. The summed E-state index contributed by atoms with van der Waals surface area (Å²) in [6.45, 7) is 8.65. The van der Waals surface area contributed by atoms with Crippen LogP contribution in [0.5, 0.6) is 0 Å². The van der Waals surface area contributed by atoms with Gasteiger partial charge in [-0.1, -0.05) is 56.7 Å². The number of nitrogens with one attached hydrogen (secondary N) is 1. The third-order valence-electron chi connectivity index (χ3n) is 5.06. The molecule has 3 N–H and O–H groups in total. The van der Waals surface area contributed by atoms with Crippen LogP contribution in [0.4, 0.5) is 4.79 Å². The number of aryl methyl sites for hydroxylation is 1. The number of nitrogens with zero attached hydrogens (tertiary/aromatic N) is 2. The molecule has 0 aliphatic carbocycles. The molecule has 1 heterocycles. The Morgan fingerprint density at radius 1 is 1.33 bits per heavy atom. The average molecular weight is 457 g/mol. The highest BCUT2D eigenvalue weighted by atomic mass is 16.6. The molecule has 0 spiro atoms. The summed E-state index contributed by atoms with van der Waals surface area (Å²) in [7, 11) is -2.05. The van der Waals surface area contributed by atoms with Crippen molar-refractivity contribution in [2.75, 3.05) is 19.7 Å². The second kappa shape index (κ2) is 11.8. The van der Waals surface area contributed by atoms with Gasteiger partial charge in [0.2, 0.25) is 0 Å². The van der Waals surface area contributed by atoms with Gasteiger partial charge in [-0.2, -0.15) is 5.26 Å². The molecular weight excluding hydrogens is 425 g/mol. The van der Waals surface area contributed by atoms with Crippen molar-refractivity contribution in [3.8, 4) is 6.07 Å². The molecule has 2 atom stereocenters. The third kappa shape index (κ3) is 9.26. The highest BCUT2D eigenvalue weighted by Crippen LogP contribution is 2.22. The van der Waals surface area contributed by atoms with E-state index in [0.29, 0.717) is 19.5 Å². The first-order chi connectivity index (χ1) is 15.5. The normalized spacial score (nSPS) is 17.3. The number of allylic oxidation sites excluding steroid dienone is 1. The van der Waals surface area contributed by atoms with Crippen molar-refractivity contribution in [1.82, 2.24) is 10.2 Å². The van der Waals surface area contributed by atoms with Crippen molar-refractivity contribution in [1.29, 1.82) is 5.26 Å². The number of alkyl carbamates (subject to hydrolysis) is 1. The number of rotatable bonds is 8. The number of likely N-dealkylation sites (tertiary alicyclic amines) is 1. The fourth-order valence-electron chi connectivity index (χ4n) is 3.48. The van der Waals surface area contributed by atoms with Gasteiger partial charge in [0.1, 0.15) is 17.9 Å². The number of amides is 2. The number of hydrogen-bond donors (Lipinski definition) is 3. The van der Waals surface area contributed by atoms with Crippen molar-refractivity contribution in [2.24, 2.45) is 11.3 Å². The van der Waals surface area contributed by atoms with Crippen molar-refractivity contribution in [2.45, 2.75) is 46.8 Å². The van der Waals surface area contributed by atoms with Crippen LogP contribution in [0.15, 0.2) is 35.9 Å². The molecule has 0 aromatic heterocycles. The van der Waals surface area contributed by atoms with Crippen LogP contribution in [0, 0.1) is 29.6 Å². The Morgan fingerprint density at radius 3 is 2.58 bits per heavy atom. The molecule has 2 rings (SSSR count). The van der Waals surface area contributed by atoms with Gasteiger partial charge in [-0.05, 0) is 24.3 Å². The molecule has 1 aromatic rings. The Morgan fingerprint density at radius 2 is 2.00 bits per heavy atom. The molecular formula is C23H32BN3O6. The maximum Gasteiger partial charge on any atom is 0.635 e. The molecule has 1 aliphatic heterocycles. The first-order valence-electron chi connectivity index (χ1n) is 10.9. The minimum Gasteiger partial charge on any atom is -0.449 e. The Bertz CT molecular complexity index is 889.